The molecule has 3 rings (SSSR count). The highest BCUT2D eigenvalue weighted by Gasteiger charge is 2.23. The predicted molar refractivity (Wildman–Crippen MR) is 80.6 cm³/mol. The SMILES string of the molecule is Cc1cc(CO)nc(N2CCC(Oc3cnccn3)CC2)n1. The summed E-state index contributed by atoms with van der Waals surface area (Å²) >= 11 is 0. The standard InChI is InChI=1S/C15H19N5O2/c1-11-8-12(10-21)19-15(18-11)20-6-2-13(3-7-20)22-14-9-16-4-5-17-14/h4-5,8-9,13,21H,2-3,6-7,10H2,1H3. The molecule has 7 nitrogen and oxygen atoms in total. The maximum Gasteiger partial charge on any atom is 0.232 e. The van der Waals surface area contributed by atoms with Crippen molar-refractivity contribution in [1.82, 2.24) is 19.9 Å². The third-order valence-electron chi connectivity index (χ3n) is 3.61. The average molecular weight is 301 g/mol. The van der Waals surface area contributed by atoms with E-state index in [1.54, 1.807) is 24.7 Å². The maximum absolute atomic E-state index is 9.25. The van der Waals surface area contributed by atoms with Crippen LogP contribution in [0.25, 0.3) is 0 Å². The van der Waals surface area contributed by atoms with Crippen molar-refractivity contribution in [3.8, 4) is 5.88 Å². The van der Waals surface area contributed by atoms with Crippen LogP contribution in [0, 0.1) is 6.92 Å². The van der Waals surface area contributed by atoms with Crippen LogP contribution >= 0.6 is 0 Å². The van der Waals surface area contributed by atoms with E-state index in [2.05, 4.69) is 24.8 Å². The fraction of sp³-hybridized carbons (Fsp3) is 0.467. The van der Waals surface area contributed by atoms with E-state index in [-0.39, 0.29) is 12.7 Å². The van der Waals surface area contributed by atoms with E-state index in [4.69, 9.17) is 4.74 Å². The molecule has 0 radical (unpaired) electrons. The van der Waals surface area contributed by atoms with Crippen molar-refractivity contribution in [2.75, 3.05) is 18.0 Å². The van der Waals surface area contributed by atoms with Crippen LogP contribution < -0.4 is 9.64 Å². The number of anilines is 1. The second-order valence-electron chi connectivity index (χ2n) is 5.31. The molecular weight excluding hydrogens is 282 g/mol. The van der Waals surface area contributed by atoms with Crippen LogP contribution in [0.5, 0.6) is 5.88 Å². The Kier molecular flexibility index (Phi) is 4.43. The number of piperidine rings is 1. The third kappa shape index (κ3) is 3.48. The summed E-state index contributed by atoms with van der Waals surface area (Å²) in [5.74, 6) is 1.25. The van der Waals surface area contributed by atoms with Crippen molar-refractivity contribution in [3.05, 3.63) is 36.0 Å². The number of ether oxygens (including phenoxy) is 1. The zero-order valence-corrected chi connectivity index (χ0v) is 12.5. The molecule has 1 N–H and O–H groups in total. The molecule has 116 valence electrons. The number of nitrogens with zero attached hydrogens (tertiary/aromatic N) is 5. The third-order valence-corrected chi connectivity index (χ3v) is 3.61. The second-order valence-corrected chi connectivity index (χ2v) is 5.31. The Labute approximate surface area is 129 Å². The summed E-state index contributed by atoms with van der Waals surface area (Å²) in [6.45, 7) is 3.48. The topological polar surface area (TPSA) is 84.3 Å². The molecular formula is C15H19N5O2. The van der Waals surface area contributed by atoms with E-state index in [1.165, 1.54) is 0 Å². The molecule has 2 aromatic rings. The molecule has 2 aromatic heterocycles. The Hall–Kier alpha value is -2.28. The van der Waals surface area contributed by atoms with Gasteiger partial charge in [0.1, 0.15) is 6.10 Å². The number of hydrogen-bond donors (Lipinski definition) is 1. The van der Waals surface area contributed by atoms with Crippen LogP contribution in [0.1, 0.15) is 24.2 Å². The van der Waals surface area contributed by atoms with Crippen molar-refractivity contribution >= 4 is 5.95 Å². The normalized spacial score (nSPS) is 15.8. The Morgan fingerprint density at radius 2 is 2.09 bits per heavy atom. The molecule has 0 aliphatic carbocycles. The molecule has 22 heavy (non-hydrogen) atoms. The zero-order chi connectivity index (χ0) is 15.4. The Morgan fingerprint density at radius 1 is 1.27 bits per heavy atom. The number of aliphatic hydroxyl groups excluding tert-OH is 1. The smallest absolute Gasteiger partial charge is 0.232 e. The minimum absolute atomic E-state index is 0.0669. The molecule has 1 fully saturated rings. The maximum atomic E-state index is 9.25. The largest absolute Gasteiger partial charge is 0.473 e. The van der Waals surface area contributed by atoms with Gasteiger partial charge in [-0.25, -0.2) is 15.0 Å². The monoisotopic (exact) mass is 301 g/mol. The van der Waals surface area contributed by atoms with Gasteiger partial charge in [-0.2, -0.15) is 0 Å². The van der Waals surface area contributed by atoms with Crippen LogP contribution in [-0.2, 0) is 6.61 Å². The van der Waals surface area contributed by atoms with Crippen LogP contribution in [0.2, 0.25) is 0 Å². The van der Waals surface area contributed by atoms with Gasteiger partial charge in [0.25, 0.3) is 0 Å². The first-order valence-electron chi connectivity index (χ1n) is 7.37. The van der Waals surface area contributed by atoms with Gasteiger partial charge in [-0.3, -0.25) is 4.98 Å². The lowest BCUT2D eigenvalue weighted by Crippen LogP contribution is -2.39. The number of rotatable bonds is 4. The highest BCUT2D eigenvalue weighted by atomic mass is 16.5. The summed E-state index contributed by atoms with van der Waals surface area (Å²) in [4.78, 5) is 19.1. The van der Waals surface area contributed by atoms with Crippen molar-refractivity contribution < 1.29 is 9.84 Å². The Bertz CT molecular complexity index is 615. The fourth-order valence-corrected chi connectivity index (χ4v) is 2.53. The molecule has 0 aromatic carbocycles. The lowest BCUT2D eigenvalue weighted by Gasteiger charge is -2.32. The lowest BCUT2D eigenvalue weighted by molar-refractivity contribution is 0.163. The van der Waals surface area contributed by atoms with Crippen LogP contribution in [0.15, 0.2) is 24.7 Å². The van der Waals surface area contributed by atoms with Gasteiger partial charge in [0.2, 0.25) is 11.8 Å². The molecule has 3 heterocycles. The fourth-order valence-electron chi connectivity index (χ4n) is 2.53. The van der Waals surface area contributed by atoms with E-state index in [0.717, 1.165) is 31.6 Å². The zero-order valence-electron chi connectivity index (χ0n) is 12.5. The van der Waals surface area contributed by atoms with E-state index in [9.17, 15) is 5.11 Å². The highest BCUT2D eigenvalue weighted by molar-refractivity contribution is 5.33. The van der Waals surface area contributed by atoms with Gasteiger partial charge in [0.05, 0.1) is 18.5 Å². The first kappa shape index (κ1) is 14.6. The van der Waals surface area contributed by atoms with Gasteiger partial charge < -0.3 is 14.7 Å². The minimum Gasteiger partial charge on any atom is -0.473 e. The summed E-state index contributed by atoms with van der Waals surface area (Å²) in [5, 5.41) is 9.25. The Balaban J connectivity index is 1.61. The first-order chi connectivity index (χ1) is 10.7. The Morgan fingerprint density at radius 3 is 2.77 bits per heavy atom. The summed E-state index contributed by atoms with van der Waals surface area (Å²) in [7, 11) is 0. The van der Waals surface area contributed by atoms with Gasteiger partial charge in [-0.05, 0) is 13.0 Å². The molecule has 0 spiro atoms. The quantitative estimate of drug-likeness (QED) is 0.905. The number of hydrogen-bond acceptors (Lipinski definition) is 7. The van der Waals surface area contributed by atoms with Crippen LogP contribution in [0.4, 0.5) is 5.95 Å². The van der Waals surface area contributed by atoms with E-state index in [0.29, 0.717) is 17.5 Å². The molecule has 1 saturated heterocycles. The van der Waals surface area contributed by atoms with E-state index in [1.807, 2.05) is 6.92 Å². The van der Waals surface area contributed by atoms with Gasteiger partial charge in [0, 0.05) is 44.0 Å². The summed E-state index contributed by atoms with van der Waals surface area (Å²) in [5.41, 5.74) is 1.52. The molecule has 0 amide bonds. The molecule has 0 bridgehead atoms. The number of aliphatic hydroxyl groups is 1. The van der Waals surface area contributed by atoms with Crippen molar-refractivity contribution in [1.29, 1.82) is 0 Å². The molecule has 0 atom stereocenters. The molecule has 1 aliphatic heterocycles. The van der Waals surface area contributed by atoms with Crippen LogP contribution in [0.3, 0.4) is 0 Å². The van der Waals surface area contributed by atoms with E-state index >= 15 is 0 Å². The van der Waals surface area contributed by atoms with E-state index < -0.39 is 0 Å². The molecule has 0 unspecified atom stereocenters. The van der Waals surface area contributed by atoms with Gasteiger partial charge in [0.15, 0.2) is 0 Å². The number of aryl methyl sites for hydroxylation is 1. The highest BCUT2D eigenvalue weighted by Crippen LogP contribution is 2.20. The summed E-state index contributed by atoms with van der Waals surface area (Å²) in [6, 6.07) is 1.80. The minimum atomic E-state index is -0.0669. The van der Waals surface area contributed by atoms with Crippen molar-refractivity contribution in [2.24, 2.45) is 0 Å². The predicted octanol–water partition coefficient (Wildman–Crippen LogP) is 1.12. The second kappa shape index (κ2) is 6.65. The molecule has 7 heteroatoms. The van der Waals surface area contributed by atoms with Gasteiger partial charge in [-0.1, -0.05) is 0 Å². The lowest BCUT2D eigenvalue weighted by atomic mass is 10.1. The average Bonchev–Trinajstić information content (AvgIpc) is 2.56. The number of aromatic nitrogens is 4. The van der Waals surface area contributed by atoms with Crippen molar-refractivity contribution in [3.63, 3.8) is 0 Å². The summed E-state index contributed by atoms with van der Waals surface area (Å²) < 4.78 is 5.83. The van der Waals surface area contributed by atoms with Crippen LogP contribution in [-0.4, -0.2) is 44.2 Å². The van der Waals surface area contributed by atoms with Gasteiger partial charge >= 0.3 is 0 Å². The molecule has 0 saturated carbocycles. The molecule has 1 aliphatic rings. The first-order valence-corrected chi connectivity index (χ1v) is 7.37. The summed E-state index contributed by atoms with van der Waals surface area (Å²) in [6.07, 6.45) is 6.77. The van der Waals surface area contributed by atoms with Gasteiger partial charge in [-0.15, -0.1) is 0 Å². The van der Waals surface area contributed by atoms with Crippen molar-refractivity contribution in [2.45, 2.75) is 32.5 Å².